The van der Waals surface area contributed by atoms with E-state index in [9.17, 15) is 39.5 Å². The van der Waals surface area contributed by atoms with Gasteiger partial charge >= 0.3 is 36.4 Å². The average molecular weight is 586 g/mol. The quantitative estimate of drug-likeness (QED) is 0.157. The number of carboxylic acids is 3. The fourth-order valence-corrected chi connectivity index (χ4v) is 2.08. The molecule has 230 valence electrons. The predicted molar refractivity (Wildman–Crippen MR) is 118 cm³/mol. The summed E-state index contributed by atoms with van der Waals surface area (Å²) in [7, 11) is 0. The normalized spacial score (nSPS) is 11.3. The molecule has 7 N–H and O–H groups in total. The van der Waals surface area contributed by atoms with Crippen LogP contribution in [0.3, 0.4) is 0 Å². The van der Waals surface area contributed by atoms with Crippen LogP contribution in [0.1, 0.15) is 58.3 Å². The first-order valence-electron chi connectivity index (χ1n) is 11.2. The zero-order valence-corrected chi connectivity index (χ0v) is 20.8. The van der Waals surface area contributed by atoms with E-state index in [0.717, 1.165) is 39.0 Å². The SMILES string of the molecule is CCCCCCCCN(CCCN)CCCN.O=C(O)C(F)(F)F.O=C(O)C(F)(F)F.O=C(O)C(F)(F)F. The maximum Gasteiger partial charge on any atom is 0.490 e. The van der Waals surface area contributed by atoms with Crippen LogP contribution >= 0.6 is 0 Å². The van der Waals surface area contributed by atoms with Crippen molar-refractivity contribution in [2.45, 2.75) is 76.8 Å². The van der Waals surface area contributed by atoms with E-state index in [1.54, 1.807) is 0 Å². The van der Waals surface area contributed by atoms with Crippen LogP contribution in [-0.4, -0.2) is 89.4 Å². The molecule has 38 heavy (non-hydrogen) atoms. The van der Waals surface area contributed by atoms with E-state index in [2.05, 4.69) is 11.8 Å². The summed E-state index contributed by atoms with van der Waals surface area (Å²) in [5, 5.41) is 21.4. The van der Waals surface area contributed by atoms with Crippen LogP contribution in [-0.2, 0) is 14.4 Å². The summed E-state index contributed by atoms with van der Waals surface area (Å²) in [5.41, 5.74) is 11.1. The lowest BCUT2D eigenvalue weighted by Gasteiger charge is -2.21. The van der Waals surface area contributed by atoms with E-state index < -0.39 is 36.4 Å². The number of unbranched alkanes of at least 4 members (excludes halogenated alkanes) is 5. The molecule has 0 saturated heterocycles. The number of halogens is 9. The maximum absolute atomic E-state index is 10.6. The van der Waals surface area contributed by atoms with Crippen molar-refractivity contribution in [2.75, 3.05) is 32.7 Å². The summed E-state index contributed by atoms with van der Waals surface area (Å²) in [4.78, 5) is 29.2. The van der Waals surface area contributed by atoms with Gasteiger partial charge in [0.1, 0.15) is 0 Å². The fourth-order valence-electron chi connectivity index (χ4n) is 2.08. The van der Waals surface area contributed by atoms with Crippen LogP contribution in [0.4, 0.5) is 39.5 Å². The molecule has 0 fully saturated rings. The lowest BCUT2D eigenvalue weighted by Crippen LogP contribution is -2.29. The number of aliphatic carboxylic acids is 3. The first kappa shape index (κ1) is 42.7. The van der Waals surface area contributed by atoms with Crippen LogP contribution in [0.25, 0.3) is 0 Å². The Hall–Kier alpha value is -2.34. The van der Waals surface area contributed by atoms with Crippen molar-refractivity contribution in [3.8, 4) is 0 Å². The summed E-state index contributed by atoms with van der Waals surface area (Å²) in [6.45, 7) is 7.38. The van der Waals surface area contributed by atoms with Crippen molar-refractivity contribution >= 4 is 17.9 Å². The second-order valence-corrected chi connectivity index (χ2v) is 7.30. The number of hydrogen-bond donors (Lipinski definition) is 5. The molecule has 0 aliphatic carbocycles. The van der Waals surface area contributed by atoms with Gasteiger partial charge in [-0.3, -0.25) is 0 Å². The predicted octanol–water partition coefficient (Wildman–Crippen LogP) is 4.25. The summed E-state index contributed by atoms with van der Waals surface area (Å²) in [5.74, 6) is -8.27. The first-order valence-corrected chi connectivity index (χ1v) is 11.2. The van der Waals surface area contributed by atoms with E-state index in [1.807, 2.05) is 0 Å². The van der Waals surface area contributed by atoms with Gasteiger partial charge in [-0.1, -0.05) is 39.0 Å². The van der Waals surface area contributed by atoms with Gasteiger partial charge in [0.05, 0.1) is 0 Å². The molecule has 0 heterocycles. The third-order valence-electron chi connectivity index (χ3n) is 3.91. The van der Waals surface area contributed by atoms with Gasteiger partial charge in [-0.15, -0.1) is 0 Å². The van der Waals surface area contributed by atoms with Gasteiger partial charge in [0.15, 0.2) is 0 Å². The summed E-state index contributed by atoms with van der Waals surface area (Å²) < 4.78 is 95.2. The molecule has 0 atom stereocenters. The van der Waals surface area contributed by atoms with Gasteiger partial charge in [-0.2, -0.15) is 39.5 Å². The Morgan fingerprint density at radius 2 is 0.789 bits per heavy atom. The zero-order chi connectivity index (χ0) is 31.0. The third kappa shape index (κ3) is 35.8. The van der Waals surface area contributed by atoms with Gasteiger partial charge in [0, 0.05) is 0 Å². The van der Waals surface area contributed by atoms with Crippen molar-refractivity contribution in [3.63, 3.8) is 0 Å². The van der Waals surface area contributed by atoms with Crippen LogP contribution in [0.2, 0.25) is 0 Å². The Morgan fingerprint density at radius 3 is 1.03 bits per heavy atom. The molecule has 0 aromatic heterocycles. The molecular formula is C20H36F9N3O6. The van der Waals surface area contributed by atoms with E-state index in [1.165, 1.54) is 45.1 Å². The van der Waals surface area contributed by atoms with E-state index >= 15 is 0 Å². The molecule has 0 spiro atoms. The maximum atomic E-state index is 10.6. The molecule has 0 aromatic rings. The molecule has 0 amide bonds. The van der Waals surface area contributed by atoms with Crippen molar-refractivity contribution < 1.29 is 69.2 Å². The first-order chi connectivity index (χ1) is 17.2. The van der Waals surface area contributed by atoms with Crippen LogP contribution in [0.5, 0.6) is 0 Å². The highest BCUT2D eigenvalue weighted by Gasteiger charge is 2.39. The molecule has 0 rings (SSSR count). The highest BCUT2D eigenvalue weighted by atomic mass is 19.4. The Balaban J connectivity index is -0.000000228. The lowest BCUT2D eigenvalue weighted by molar-refractivity contribution is -0.193. The largest absolute Gasteiger partial charge is 0.490 e. The van der Waals surface area contributed by atoms with Gasteiger partial charge in [0.2, 0.25) is 0 Å². The van der Waals surface area contributed by atoms with Crippen molar-refractivity contribution in [2.24, 2.45) is 11.5 Å². The minimum absolute atomic E-state index is 0.801. The highest BCUT2D eigenvalue weighted by Crippen LogP contribution is 2.14. The van der Waals surface area contributed by atoms with Gasteiger partial charge < -0.3 is 31.7 Å². The van der Waals surface area contributed by atoms with E-state index in [4.69, 9.17) is 41.2 Å². The fraction of sp³-hybridized carbons (Fsp3) is 0.850. The Morgan fingerprint density at radius 1 is 0.553 bits per heavy atom. The monoisotopic (exact) mass is 585 g/mol. The number of alkyl halides is 9. The average Bonchev–Trinajstić information content (AvgIpc) is 2.76. The number of hydrogen-bond acceptors (Lipinski definition) is 6. The van der Waals surface area contributed by atoms with Gasteiger partial charge in [-0.25, -0.2) is 14.4 Å². The molecule has 0 saturated carbocycles. The molecule has 0 aliphatic heterocycles. The van der Waals surface area contributed by atoms with Crippen LogP contribution in [0, 0.1) is 0 Å². The topological polar surface area (TPSA) is 167 Å². The van der Waals surface area contributed by atoms with Crippen molar-refractivity contribution in [3.05, 3.63) is 0 Å². The number of nitrogens with two attached hydrogens (primary N) is 2. The van der Waals surface area contributed by atoms with Crippen molar-refractivity contribution in [1.29, 1.82) is 0 Å². The molecule has 0 bridgehead atoms. The number of carbonyl (C=O) groups is 3. The van der Waals surface area contributed by atoms with Gasteiger partial charge in [-0.05, 0) is 52.0 Å². The highest BCUT2D eigenvalue weighted by molar-refractivity contribution is 5.73. The van der Waals surface area contributed by atoms with E-state index in [-0.39, 0.29) is 0 Å². The second-order valence-electron chi connectivity index (χ2n) is 7.30. The van der Waals surface area contributed by atoms with Gasteiger partial charge in [0.25, 0.3) is 0 Å². The Kier molecular flexibility index (Phi) is 26.7. The summed E-state index contributed by atoms with van der Waals surface area (Å²) in [6, 6.07) is 0. The third-order valence-corrected chi connectivity index (χ3v) is 3.91. The molecule has 9 nitrogen and oxygen atoms in total. The minimum Gasteiger partial charge on any atom is -0.475 e. The number of rotatable bonds is 13. The van der Waals surface area contributed by atoms with Crippen LogP contribution in [0.15, 0.2) is 0 Å². The minimum atomic E-state index is -5.08. The Labute approximate surface area is 213 Å². The molecule has 0 radical (unpaired) electrons. The van der Waals surface area contributed by atoms with E-state index in [0.29, 0.717) is 0 Å². The lowest BCUT2D eigenvalue weighted by atomic mass is 10.1. The molecule has 0 aliphatic rings. The number of nitrogens with zero attached hydrogens (tertiary/aromatic N) is 1. The Bertz CT molecular complexity index is 551. The van der Waals surface area contributed by atoms with Crippen LogP contribution < -0.4 is 11.5 Å². The molecule has 18 heteroatoms. The summed E-state index contributed by atoms with van der Waals surface area (Å²) in [6.07, 6.45) is -4.79. The molecule has 0 aromatic carbocycles. The van der Waals surface area contributed by atoms with Crippen molar-refractivity contribution in [1.82, 2.24) is 4.90 Å². The molecular weight excluding hydrogens is 549 g/mol. The number of carboxylic acid groups (broad SMARTS) is 3. The summed E-state index contributed by atoms with van der Waals surface area (Å²) >= 11 is 0. The molecule has 0 unspecified atom stereocenters. The second kappa shape index (κ2) is 23.8. The smallest absolute Gasteiger partial charge is 0.475 e. The zero-order valence-electron chi connectivity index (χ0n) is 20.8. The standard InChI is InChI=1S/C14H33N3.3C2HF3O2/c1-2-3-4-5-6-7-12-17(13-8-10-15)14-9-11-16;3*3-2(4,5)1(6)7/h2-16H2,1H3;3*(H,6,7).